The third-order valence-corrected chi connectivity index (χ3v) is 6.38. The summed E-state index contributed by atoms with van der Waals surface area (Å²) in [4.78, 5) is 5.07. The van der Waals surface area contributed by atoms with E-state index in [2.05, 4.69) is 121 Å². The molecular formula is C31H38N2. The molecule has 0 aliphatic rings. The minimum atomic E-state index is 0.0879. The lowest BCUT2D eigenvalue weighted by molar-refractivity contribution is 0.590. The van der Waals surface area contributed by atoms with Gasteiger partial charge in [0.15, 0.2) is 0 Å². The van der Waals surface area contributed by atoms with Crippen LogP contribution in [0, 0.1) is 5.92 Å². The number of benzene rings is 3. The summed E-state index contributed by atoms with van der Waals surface area (Å²) in [7, 11) is 0. The molecule has 0 aliphatic carbocycles. The zero-order chi connectivity index (χ0) is 24.0. The second kappa shape index (κ2) is 8.48. The molecule has 0 saturated carbocycles. The number of fused-ring (bicyclic) bond motifs is 2. The quantitative estimate of drug-likeness (QED) is 0.322. The molecule has 1 heterocycles. The van der Waals surface area contributed by atoms with Crippen LogP contribution in [-0.2, 0) is 10.8 Å². The first-order valence-corrected chi connectivity index (χ1v) is 12.2. The molecule has 0 bridgehead atoms. The molecule has 172 valence electrons. The van der Waals surface area contributed by atoms with E-state index in [1.807, 2.05) is 0 Å². The fraction of sp³-hybridized carbons (Fsp3) is 0.387. The Morgan fingerprint density at radius 2 is 1.39 bits per heavy atom. The van der Waals surface area contributed by atoms with Gasteiger partial charge in [-0.05, 0) is 73.7 Å². The van der Waals surface area contributed by atoms with Crippen LogP contribution in [0.3, 0.4) is 0 Å². The van der Waals surface area contributed by atoms with Crippen LogP contribution >= 0.6 is 0 Å². The third kappa shape index (κ3) is 4.90. The largest absolute Gasteiger partial charge is 0.370 e. The van der Waals surface area contributed by atoms with Crippen LogP contribution in [0.2, 0.25) is 0 Å². The number of pyridine rings is 1. The lowest BCUT2D eigenvalue weighted by Crippen LogP contribution is -2.11. The van der Waals surface area contributed by atoms with Gasteiger partial charge in [0.1, 0.15) is 5.82 Å². The maximum Gasteiger partial charge on any atom is 0.126 e. The van der Waals surface area contributed by atoms with Gasteiger partial charge in [-0.2, -0.15) is 0 Å². The smallest absolute Gasteiger partial charge is 0.126 e. The van der Waals surface area contributed by atoms with Crippen LogP contribution in [0.15, 0.2) is 60.7 Å². The van der Waals surface area contributed by atoms with Crippen LogP contribution in [0.25, 0.3) is 32.8 Å². The molecule has 1 aromatic heterocycles. The molecule has 0 atom stereocenters. The van der Waals surface area contributed by atoms with Gasteiger partial charge >= 0.3 is 0 Å². The first-order chi connectivity index (χ1) is 15.4. The lowest BCUT2D eigenvalue weighted by atomic mass is 9.82. The van der Waals surface area contributed by atoms with Crippen LogP contribution < -0.4 is 5.32 Å². The molecule has 3 aromatic carbocycles. The zero-order valence-electron chi connectivity index (χ0n) is 21.5. The van der Waals surface area contributed by atoms with Crippen molar-refractivity contribution in [1.29, 1.82) is 0 Å². The third-order valence-electron chi connectivity index (χ3n) is 6.38. The summed E-state index contributed by atoms with van der Waals surface area (Å²) in [5.74, 6) is 1.50. The summed E-state index contributed by atoms with van der Waals surface area (Å²) in [5, 5.41) is 8.57. The second-order valence-electron chi connectivity index (χ2n) is 11.8. The Kier molecular flexibility index (Phi) is 5.99. The first-order valence-electron chi connectivity index (χ1n) is 12.2. The highest BCUT2D eigenvalue weighted by atomic mass is 15.0. The van der Waals surface area contributed by atoms with Gasteiger partial charge < -0.3 is 5.32 Å². The average molecular weight is 439 g/mol. The van der Waals surface area contributed by atoms with E-state index in [1.165, 1.54) is 38.2 Å². The Labute approximate surface area is 199 Å². The van der Waals surface area contributed by atoms with Crippen molar-refractivity contribution in [3.63, 3.8) is 0 Å². The van der Waals surface area contributed by atoms with Crippen molar-refractivity contribution >= 4 is 27.4 Å². The van der Waals surface area contributed by atoms with Crippen molar-refractivity contribution in [2.24, 2.45) is 5.92 Å². The van der Waals surface area contributed by atoms with Gasteiger partial charge in [-0.1, -0.05) is 91.8 Å². The highest BCUT2D eigenvalue weighted by Gasteiger charge is 2.19. The fourth-order valence-corrected chi connectivity index (χ4v) is 4.31. The van der Waals surface area contributed by atoms with Crippen molar-refractivity contribution in [2.75, 3.05) is 11.9 Å². The normalized spacial score (nSPS) is 12.6. The van der Waals surface area contributed by atoms with Crippen molar-refractivity contribution in [3.05, 3.63) is 71.8 Å². The lowest BCUT2D eigenvalue weighted by Gasteiger charge is -2.22. The first kappa shape index (κ1) is 23.3. The minimum absolute atomic E-state index is 0.0879. The molecule has 2 heteroatoms. The van der Waals surface area contributed by atoms with E-state index < -0.39 is 0 Å². The molecular weight excluding hydrogens is 400 g/mol. The van der Waals surface area contributed by atoms with Crippen molar-refractivity contribution in [1.82, 2.24) is 4.98 Å². The predicted octanol–water partition coefficient (Wildman–Crippen LogP) is 8.72. The molecule has 4 aromatic rings. The predicted molar refractivity (Wildman–Crippen MR) is 145 cm³/mol. The summed E-state index contributed by atoms with van der Waals surface area (Å²) >= 11 is 0. The van der Waals surface area contributed by atoms with E-state index in [9.17, 15) is 0 Å². The maximum atomic E-state index is 5.07. The SMILES string of the molecule is CC(C)CNc1cccc(-c2c3ccc(C(C)(C)C)cc3cc3ccc(C(C)(C)C)cc23)n1. The molecule has 33 heavy (non-hydrogen) atoms. The van der Waals surface area contributed by atoms with E-state index >= 15 is 0 Å². The summed E-state index contributed by atoms with van der Waals surface area (Å²) < 4.78 is 0. The van der Waals surface area contributed by atoms with Gasteiger partial charge in [-0.3, -0.25) is 0 Å². The Balaban J connectivity index is 2.02. The number of rotatable bonds is 4. The van der Waals surface area contributed by atoms with Crippen molar-refractivity contribution in [2.45, 2.75) is 66.2 Å². The number of hydrogen-bond donors (Lipinski definition) is 1. The molecule has 0 fully saturated rings. The Morgan fingerprint density at radius 1 is 0.727 bits per heavy atom. The standard InChI is InChI=1S/C31H38N2/c1-20(2)19-32-28-11-9-10-27(33-28)29-25-15-14-23(30(3,4)5)17-22(25)16-21-12-13-24(18-26(21)29)31(6,7)8/h9-18,20H,19H2,1-8H3,(H,32,33). The van der Waals surface area contributed by atoms with E-state index in [-0.39, 0.29) is 10.8 Å². The molecule has 0 unspecified atom stereocenters. The Morgan fingerprint density at radius 3 is 2.06 bits per heavy atom. The minimum Gasteiger partial charge on any atom is -0.370 e. The number of nitrogens with one attached hydrogen (secondary N) is 1. The van der Waals surface area contributed by atoms with E-state index in [0.29, 0.717) is 5.92 Å². The topological polar surface area (TPSA) is 24.9 Å². The molecule has 0 amide bonds. The second-order valence-corrected chi connectivity index (χ2v) is 11.8. The number of hydrogen-bond acceptors (Lipinski definition) is 2. The van der Waals surface area contributed by atoms with Crippen LogP contribution in [-0.4, -0.2) is 11.5 Å². The Hall–Kier alpha value is -2.87. The highest BCUT2D eigenvalue weighted by Crippen LogP contribution is 2.39. The summed E-state index contributed by atoms with van der Waals surface area (Å²) in [5.41, 5.74) is 5.14. The fourth-order valence-electron chi connectivity index (χ4n) is 4.31. The summed E-state index contributed by atoms with van der Waals surface area (Å²) in [6.07, 6.45) is 0. The number of aromatic nitrogens is 1. The Bertz CT molecular complexity index is 1300. The van der Waals surface area contributed by atoms with E-state index in [1.54, 1.807) is 0 Å². The average Bonchev–Trinajstić information content (AvgIpc) is 2.74. The molecule has 4 rings (SSSR count). The van der Waals surface area contributed by atoms with Crippen molar-refractivity contribution < 1.29 is 0 Å². The molecule has 1 N–H and O–H groups in total. The van der Waals surface area contributed by atoms with Gasteiger partial charge in [0, 0.05) is 12.1 Å². The summed E-state index contributed by atoms with van der Waals surface area (Å²) in [6.45, 7) is 19.0. The van der Waals surface area contributed by atoms with Gasteiger partial charge in [0.25, 0.3) is 0 Å². The van der Waals surface area contributed by atoms with E-state index in [4.69, 9.17) is 4.98 Å². The molecule has 0 spiro atoms. The van der Waals surface area contributed by atoms with Crippen molar-refractivity contribution in [3.8, 4) is 11.3 Å². The molecule has 0 aliphatic heterocycles. The zero-order valence-corrected chi connectivity index (χ0v) is 21.5. The maximum absolute atomic E-state index is 5.07. The van der Waals surface area contributed by atoms with Gasteiger partial charge in [0.05, 0.1) is 5.69 Å². The molecule has 2 nitrogen and oxygen atoms in total. The van der Waals surface area contributed by atoms with Gasteiger partial charge in [-0.25, -0.2) is 4.98 Å². The summed E-state index contributed by atoms with van der Waals surface area (Å²) in [6, 6.07) is 22.5. The molecule has 0 radical (unpaired) electrons. The number of anilines is 1. The molecule has 0 saturated heterocycles. The number of nitrogens with zero attached hydrogens (tertiary/aromatic N) is 1. The van der Waals surface area contributed by atoms with Crippen LogP contribution in [0.5, 0.6) is 0 Å². The van der Waals surface area contributed by atoms with Gasteiger partial charge in [0.2, 0.25) is 0 Å². The van der Waals surface area contributed by atoms with E-state index in [0.717, 1.165) is 18.1 Å². The van der Waals surface area contributed by atoms with Gasteiger partial charge in [-0.15, -0.1) is 0 Å². The van der Waals surface area contributed by atoms with Crippen LogP contribution in [0.1, 0.15) is 66.5 Å². The highest BCUT2D eigenvalue weighted by molar-refractivity contribution is 6.12. The van der Waals surface area contributed by atoms with Crippen LogP contribution in [0.4, 0.5) is 5.82 Å². The monoisotopic (exact) mass is 438 g/mol.